The van der Waals surface area contributed by atoms with Gasteiger partial charge in [-0.05, 0) is 79.2 Å². The van der Waals surface area contributed by atoms with Crippen molar-refractivity contribution < 1.29 is 59.1 Å². The lowest BCUT2D eigenvalue weighted by atomic mass is 9.99. The topological polar surface area (TPSA) is 172 Å². The molecule has 0 bridgehead atoms. The number of rotatable bonds is 6. The first kappa shape index (κ1) is 60.3. The maximum Gasteiger partial charge on any atom is 0.299 e. The van der Waals surface area contributed by atoms with Gasteiger partial charge in [0.1, 0.15) is 51.3 Å². The zero-order chi connectivity index (χ0) is 75.8. The normalized spacial score (nSPS) is 13.0. The summed E-state index contributed by atoms with van der Waals surface area (Å²) in [7, 11) is 7.84. The standard InChI is InChI=1S/C26H19N2O2.C23H21N2O2.C21H17N2O2.C20H15N2O2/c1-16-12-13-19-24-18-10-6-7-11-22(18)29-26(24)30-25(19)23(16)21-14-20(27-15-28(21)2)17-8-4-3-5-9-17;1-13(2)17-11-18(25(4)12-24-17)20-14(3)9-10-16-21-15-7-5-6-8-19(15)26-23(21)27-22(16)20;1-12-8-9-15-19-14-6-4-5-7-17(14)24-21(19)25-20(15)18(12)16-10-13(2)22-11-23(16)3;1-12-7-8-14-18-13-5-3-4-6-16(13)23-20(18)24-19(14)17(12)15-9-10-21-11-22(15)2/h3-15H,1-2H3;5-13H,1-4H3;4-11H,1-3H3;3-11H,1-2H3/q4*+1/i;1D3,13D;;. The second-order valence-corrected chi connectivity index (χ2v) is 27.1. The lowest BCUT2D eigenvalue weighted by molar-refractivity contribution is -0.663. The molecule has 12 aromatic heterocycles. The smallest absolute Gasteiger partial charge is 0.299 e. The number of benzene rings is 9. The van der Waals surface area contributed by atoms with Gasteiger partial charge in [0.2, 0.25) is 0 Å². The van der Waals surface area contributed by atoms with Gasteiger partial charge in [-0.3, -0.25) is 0 Å². The summed E-state index contributed by atoms with van der Waals surface area (Å²) < 4.78 is 88.3. The molecule has 106 heavy (non-hydrogen) atoms. The predicted molar refractivity (Wildman–Crippen MR) is 415 cm³/mol. The summed E-state index contributed by atoms with van der Waals surface area (Å²) in [5.41, 5.74) is 22.1. The molecule has 0 saturated carbocycles. The fraction of sp³-hybridized carbons (Fsp3) is 0.133. The van der Waals surface area contributed by atoms with Crippen LogP contribution in [-0.2, 0) is 28.2 Å². The fourth-order valence-electron chi connectivity index (χ4n) is 14.9. The number of hydrogen-bond donors (Lipinski definition) is 0. The molecule has 516 valence electrons. The number of hydrogen-bond acceptors (Lipinski definition) is 12. The minimum atomic E-state index is -2.51. The van der Waals surface area contributed by atoms with Gasteiger partial charge < -0.3 is 35.3 Å². The van der Waals surface area contributed by atoms with E-state index in [4.69, 9.17) is 40.8 Å². The molecule has 9 aromatic carbocycles. The third-order valence-corrected chi connectivity index (χ3v) is 20.2. The summed E-state index contributed by atoms with van der Waals surface area (Å²) in [5.74, 6) is 0.335. The largest absolute Gasteiger partial charge is 0.425 e. The van der Waals surface area contributed by atoms with Gasteiger partial charge in [-0.25, -0.2) is 18.3 Å². The molecule has 0 fully saturated rings. The molecule has 21 rings (SSSR count). The van der Waals surface area contributed by atoms with Crippen LogP contribution < -0.4 is 18.3 Å². The van der Waals surface area contributed by atoms with Crippen molar-refractivity contribution in [2.24, 2.45) is 28.2 Å². The Bertz CT molecular complexity index is 7270. The van der Waals surface area contributed by atoms with E-state index in [1.54, 1.807) is 24.9 Å². The van der Waals surface area contributed by atoms with Gasteiger partial charge in [0.25, 0.3) is 48.4 Å². The Kier molecular flexibility index (Phi) is 14.5. The van der Waals surface area contributed by atoms with Crippen molar-refractivity contribution in [3.63, 3.8) is 0 Å². The van der Waals surface area contributed by atoms with E-state index in [1.807, 2.05) is 188 Å². The van der Waals surface area contributed by atoms with Crippen molar-refractivity contribution in [3.8, 4) is 56.3 Å². The molecule has 21 aromatic rings. The zero-order valence-corrected chi connectivity index (χ0v) is 59.8. The summed E-state index contributed by atoms with van der Waals surface area (Å²) >= 11 is 0. The van der Waals surface area contributed by atoms with Crippen LogP contribution in [0.4, 0.5) is 0 Å². The second-order valence-electron chi connectivity index (χ2n) is 27.1. The first-order valence-electron chi connectivity index (χ1n) is 36.9. The number of fused-ring (bicyclic) bond motifs is 20. The molecule has 0 N–H and O–H groups in total. The number of aryl methyl sites for hydroxylation is 9. The van der Waals surface area contributed by atoms with E-state index in [-0.39, 0.29) is 5.69 Å². The van der Waals surface area contributed by atoms with Gasteiger partial charge in [-0.1, -0.05) is 180 Å². The van der Waals surface area contributed by atoms with Gasteiger partial charge in [0, 0.05) is 91.2 Å². The second kappa shape index (κ2) is 25.6. The van der Waals surface area contributed by atoms with E-state index in [2.05, 4.69) is 120 Å². The number of para-hydroxylation sites is 4. The highest BCUT2D eigenvalue weighted by Gasteiger charge is 2.29. The van der Waals surface area contributed by atoms with E-state index in [0.29, 0.717) is 28.7 Å². The minimum Gasteiger partial charge on any atom is -0.425 e. The van der Waals surface area contributed by atoms with Crippen molar-refractivity contribution in [3.05, 3.63) is 265 Å². The summed E-state index contributed by atoms with van der Waals surface area (Å²) in [6.45, 7) is 9.14. The van der Waals surface area contributed by atoms with E-state index >= 15 is 0 Å². The fourth-order valence-corrected chi connectivity index (χ4v) is 14.9. The molecule has 0 aliphatic rings. The Hall–Kier alpha value is -13.3. The number of furan rings is 8. The lowest BCUT2D eigenvalue weighted by Gasteiger charge is -2.09. The Morgan fingerprint density at radius 1 is 0.340 bits per heavy atom. The van der Waals surface area contributed by atoms with Gasteiger partial charge in [0.05, 0.1) is 72.0 Å². The van der Waals surface area contributed by atoms with E-state index in [1.165, 1.54) is 6.92 Å². The summed E-state index contributed by atoms with van der Waals surface area (Å²) in [6, 6.07) is 66.9. The van der Waals surface area contributed by atoms with E-state index in [9.17, 15) is 0 Å². The molecule has 12 heterocycles. The van der Waals surface area contributed by atoms with Crippen LogP contribution in [0.5, 0.6) is 0 Å². The molecule has 1 unspecified atom stereocenters. The quantitative estimate of drug-likeness (QED) is 0.144. The zero-order valence-electron chi connectivity index (χ0n) is 63.8. The molecular weight excluding hydrogens is 1320 g/mol. The average molecular weight is 1400 g/mol. The maximum atomic E-state index is 8.45. The molecule has 1 atom stereocenters. The van der Waals surface area contributed by atoms with E-state index < -0.39 is 12.7 Å². The van der Waals surface area contributed by atoms with Gasteiger partial charge >= 0.3 is 0 Å². The molecule has 16 heteroatoms. The van der Waals surface area contributed by atoms with Crippen LogP contribution in [0.15, 0.2) is 267 Å². The van der Waals surface area contributed by atoms with Crippen molar-refractivity contribution in [1.29, 1.82) is 0 Å². The molecule has 0 aliphatic carbocycles. The van der Waals surface area contributed by atoms with Crippen molar-refractivity contribution in [2.45, 2.75) is 54.3 Å². The minimum absolute atomic E-state index is 0.178. The summed E-state index contributed by atoms with van der Waals surface area (Å²) in [6.07, 6.45) is 8.85. The highest BCUT2D eigenvalue weighted by Crippen LogP contribution is 2.46. The summed E-state index contributed by atoms with van der Waals surface area (Å²) in [4.78, 5) is 17.4. The Balaban J connectivity index is 0.000000103. The van der Waals surface area contributed by atoms with Crippen LogP contribution in [0.2, 0.25) is 0 Å². The number of aromatic nitrogens is 8. The van der Waals surface area contributed by atoms with Crippen molar-refractivity contribution in [2.75, 3.05) is 0 Å². The summed E-state index contributed by atoms with van der Waals surface area (Å²) in [5, 5.41) is 12.4. The third kappa shape index (κ3) is 10.7. The van der Waals surface area contributed by atoms with Crippen LogP contribution >= 0.6 is 0 Å². The molecule has 0 saturated heterocycles. The third-order valence-electron chi connectivity index (χ3n) is 20.2. The van der Waals surface area contributed by atoms with Crippen LogP contribution in [0.1, 0.15) is 58.8 Å². The highest BCUT2D eigenvalue weighted by atomic mass is 16.5. The van der Waals surface area contributed by atoms with Crippen molar-refractivity contribution in [1.82, 2.24) is 19.9 Å². The van der Waals surface area contributed by atoms with Crippen LogP contribution in [0.25, 0.3) is 189 Å². The molecule has 0 amide bonds. The Morgan fingerprint density at radius 2 is 0.689 bits per heavy atom. The molecular formula is C90H72N8O8+4. The highest BCUT2D eigenvalue weighted by molar-refractivity contribution is 6.23. The van der Waals surface area contributed by atoms with Crippen LogP contribution in [0, 0.1) is 34.6 Å². The maximum absolute atomic E-state index is 8.45. The average Bonchev–Trinajstić information content (AvgIpc) is 1.58. The van der Waals surface area contributed by atoms with Gasteiger partial charge in [-0.2, -0.15) is 0 Å². The molecule has 0 aliphatic heterocycles. The van der Waals surface area contributed by atoms with Crippen molar-refractivity contribution >= 4 is 132 Å². The first-order chi connectivity index (χ1) is 53.2. The monoisotopic (exact) mass is 1400 g/mol. The molecule has 16 nitrogen and oxygen atoms in total. The SMILES string of the molecule is Cc1cc(-c2c(C)ccc3c2oc2oc4ccccc4c23)[n+](C)cn1.Cc1ccc2c(oc3oc4ccccc4c32)c1-c1cc(-c2ccccc2)nc[n+]1C.Cc1ccc2c(oc3oc4ccccc4c32)c1-c1ccnc[n+]1C.[2H]C([2H])([2H])C([2H])(C)c1cc(-c2c(C)ccc3c2oc2oc4ccccc4c23)[n+](C)cn1. The van der Waals surface area contributed by atoms with Gasteiger partial charge in [-0.15, -0.1) is 0 Å². The van der Waals surface area contributed by atoms with Gasteiger partial charge in [0.15, 0.2) is 39.4 Å². The Morgan fingerprint density at radius 3 is 1.09 bits per heavy atom. The lowest BCUT2D eigenvalue weighted by Crippen LogP contribution is -2.32. The van der Waals surface area contributed by atoms with Crippen LogP contribution in [-0.4, -0.2) is 19.9 Å². The Labute approximate surface area is 612 Å². The number of nitrogens with zero attached hydrogens (tertiary/aromatic N) is 8. The molecule has 0 spiro atoms. The van der Waals surface area contributed by atoms with Crippen LogP contribution in [0.3, 0.4) is 0 Å². The predicted octanol–water partition coefficient (Wildman–Crippen LogP) is 21.2. The van der Waals surface area contributed by atoms with E-state index in [0.717, 1.165) is 188 Å². The molecule has 0 radical (unpaired) electrons. The first-order valence-corrected chi connectivity index (χ1v) is 34.9.